The maximum atomic E-state index is 12.5. The summed E-state index contributed by atoms with van der Waals surface area (Å²) in [5.74, 6) is -1.14. The Balaban J connectivity index is 2.79. The highest BCUT2D eigenvalue weighted by Gasteiger charge is 2.30. The van der Waals surface area contributed by atoms with Crippen molar-refractivity contribution in [2.24, 2.45) is 0 Å². The van der Waals surface area contributed by atoms with E-state index in [9.17, 15) is 22.8 Å². The molecule has 0 aliphatic carbocycles. The molecule has 0 heterocycles. The number of rotatable bonds is 5. The minimum Gasteiger partial charge on any atom is -0.481 e. The summed E-state index contributed by atoms with van der Waals surface area (Å²) in [4.78, 5) is 22.7. The van der Waals surface area contributed by atoms with Gasteiger partial charge in [-0.2, -0.15) is 13.2 Å². The Labute approximate surface area is 137 Å². The molecule has 24 heavy (non-hydrogen) atoms. The maximum Gasteiger partial charge on any atom is 0.416 e. The number of benzene rings is 1. The smallest absolute Gasteiger partial charge is 0.416 e. The number of alkyl halides is 3. The van der Waals surface area contributed by atoms with E-state index in [0.717, 1.165) is 12.1 Å². The highest BCUT2D eigenvalue weighted by molar-refractivity contribution is 5.71. The summed E-state index contributed by atoms with van der Waals surface area (Å²) < 4.78 is 42.7. The second kappa shape index (κ2) is 7.55. The van der Waals surface area contributed by atoms with E-state index in [-0.39, 0.29) is 12.8 Å². The average molecular weight is 347 g/mol. The Morgan fingerprint density at radius 1 is 1.17 bits per heavy atom. The highest BCUT2D eigenvalue weighted by atomic mass is 19.4. The Morgan fingerprint density at radius 3 is 2.12 bits per heavy atom. The lowest BCUT2D eigenvalue weighted by Gasteiger charge is -2.23. The van der Waals surface area contributed by atoms with Crippen LogP contribution in [0, 0.1) is 0 Å². The molecule has 0 radical (unpaired) electrons. The summed E-state index contributed by atoms with van der Waals surface area (Å²) in [5.41, 5.74) is -1.06. The van der Waals surface area contributed by atoms with Crippen molar-refractivity contribution < 1.29 is 32.6 Å². The van der Waals surface area contributed by atoms with Gasteiger partial charge in [0.15, 0.2) is 0 Å². The Morgan fingerprint density at radius 2 is 1.71 bits per heavy atom. The van der Waals surface area contributed by atoms with Gasteiger partial charge in [0.05, 0.1) is 12.0 Å². The predicted octanol–water partition coefficient (Wildman–Crippen LogP) is 3.62. The molecular weight excluding hydrogens is 327 g/mol. The van der Waals surface area contributed by atoms with E-state index in [4.69, 9.17) is 9.84 Å². The molecule has 1 amide bonds. The van der Waals surface area contributed by atoms with Crippen LogP contribution < -0.4 is 5.32 Å². The summed E-state index contributed by atoms with van der Waals surface area (Å²) >= 11 is 0. The molecule has 0 fully saturated rings. The van der Waals surface area contributed by atoms with E-state index in [1.165, 1.54) is 12.1 Å². The number of nitrogens with one attached hydrogen (secondary N) is 1. The third kappa shape index (κ3) is 7.34. The summed E-state index contributed by atoms with van der Waals surface area (Å²) in [6.07, 6.45) is -5.52. The van der Waals surface area contributed by atoms with Crippen molar-refractivity contribution in [3.63, 3.8) is 0 Å². The number of halogens is 3. The Hall–Kier alpha value is -2.25. The first-order valence-corrected chi connectivity index (χ1v) is 7.24. The molecular formula is C16H20F3NO4. The fraction of sp³-hybridized carbons (Fsp3) is 0.500. The third-order valence-electron chi connectivity index (χ3n) is 2.91. The van der Waals surface area contributed by atoms with Gasteiger partial charge in [0, 0.05) is 6.04 Å². The fourth-order valence-electron chi connectivity index (χ4n) is 1.97. The second-order valence-corrected chi connectivity index (χ2v) is 6.34. The van der Waals surface area contributed by atoms with Crippen LogP contribution in [0.25, 0.3) is 0 Å². The van der Waals surface area contributed by atoms with Gasteiger partial charge in [0.25, 0.3) is 0 Å². The molecule has 0 bridgehead atoms. The molecule has 5 nitrogen and oxygen atoms in total. The number of aliphatic carboxylic acids is 1. The van der Waals surface area contributed by atoms with Crippen LogP contribution in [-0.2, 0) is 22.1 Å². The molecule has 1 atom stereocenters. The van der Waals surface area contributed by atoms with Crippen LogP contribution in [0.3, 0.4) is 0 Å². The third-order valence-corrected chi connectivity index (χ3v) is 2.91. The van der Waals surface area contributed by atoms with Crippen LogP contribution >= 0.6 is 0 Å². The number of carboxylic acids is 1. The SMILES string of the molecule is CC(C)(C)OC(=O)NC(CC(=O)O)Cc1ccc(C(F)(F)F)cc1. The van der Waals surface area contributed by atoms with Crippen molar-refractivity contribution in [2.75, 3.05) is 0 Å². The number of carbonyl (C=O) groups is 2. The van der Waals surface area contributed by atoms with Gasteiger partial charge in [0.1, 0.15) is 5.60 Å². The zero-order chi connectivity index (χ0) is 18.5. The van der Waals surface area contributed by atoms with Gasteiger partial charge >= 0.3 is 18.2 Å². The molecule has 0 aliphatic heterocycles. The lowest BCUT2D eigenvalue weighted by atomic mass is 10.0. The molecule has 8 heteroatoms. The quantitative estimate of drug-likeness (QED) is 0.853. The van der Waals surface area contributed by atoms with Crippen LogP contribution in [0.15, 0.2) is 24.3 Å². The first-order chi connectivity index (χ1) is 10.9. The second-order valence-electron chi connectivity index (χ2n) is 6.34. The standard InChI is InChI=1S/C16H20F3NO4/c1-15(2,3)24-14(23)20-12(9-13(21)22)8-10-4-6-11(7-5-10)16(17,18)19/h4-7,12H,8-9H2,1-3H3,(H,20,23)(H,21,22). The summed E-state index contributed by atoms with van der Waals surface area (Å²) in [5, 5.41) is 11.4. The van der Waals surface area contributed by atoms with Gasteiger partial charge in [-0.1, -0.05) is 12.1 Å². The topological polar surface area (TPSA) is 75.6 Å². The van der Waals surface area contributed by atoms with E-state index in [2.05, 4.69) is 5.32 Å². The van der Waals surface area contributed by atoms with Crippen LogP contribution in [0.1, 0.15) is 38.3 Å². The predicted molar refractivity (Wildman–Crippen MR) is 80.6 cm³/mol. The molecule has 1 aromatic rings. The zero-order valence-corrected chi connectivity index (χ0v) is 13.6. The molecule has 2 N–H and O–H groups in total. The highest BCUT2D eigenvalue weighted by Crippen LogP contribution is 2.29. The Kier molecular flexibility index (Phi) is 6.22. The van der Waals surface area contributed by atoms with Gasteiger partial charge < -0.3 is 15.2 Å². The zero-order valence-electron chi connectivity index (χ0n) is 13.6. The van der Waals surface area contributed by atoms with E-state index < -0.39 is 35.4 Å². The number of hydrogen-bond acceptors (Lipinski definition) is 3. The molecule has 1 rings (SSSR count). The number of amides is 1. The minimum atomic E-state index is -4.44. The molecule has 134 valence electrons. The first-order valence-electron chi connectivity index (χ1n) is 7.24. The van der Waals surface area contributed by atoms with E-state index >= 15 is 0 Å². The van der Waals surface area contributed by atoms with Crippen molar-refractivity contribution in [3.8, 4) is 0 Å². The molecule has 1 unspecified atom stereocenters. The van der Waals surface area contributed by atoms with Gasteiger partial charge in [-0.15, -0.1) is 0 Å². The van der Waals surface area contributed by atoms with E-state index in [1.807, 2.05) is 0 Å². The maximum absolute atomic E-state index is 12.5. The molecule has 0 saturated carbocycles. The summed E-state index contributed by atoms with van der Waals surface area (Å²) in [7, 11) is 0. The number of hydrogen-bond donors (Lipinski definition) is 2. The molecule has 0 aliphatic rings. The first kappa shape index (κ1) is 19.8. The van der Waals surface area contributed by atoms with Crippen molar-refractivity contribution in [1.82, 2.24) is 5.32 Å². The molecule has 0 spiro atoms. The monoisotopic (exact) mass is 347 g/mol. The largest absolute Gasteiger partial charge is 0.481 e. The number of alkyl carbamates (subject to hydrolysis) is 1. The van der Waals surface area contributed by atoms with Crippen molar-refractivity contribution in [1.29, 1.82) is 0 Å². The number of carbonyl (C=O) groups excluding carboxylic acids is 1. The van der Waals surface area contributed by atoms with Gasteiger partial charge in [-0.25, -0.2) is 4.79 Å². The van der Waals surface area contributed by atoms with Crippen LogP contribution in [0.2, 0.25) is 0 Å². The van der Waals surface area contributed by atoms with Crippen LogP contribution in [0.5, 0.6) is 0 Å². The van der Waals surface area contributed by atoms with Gasteiger partial charge in [0.2, 0.25) is 0 Å². The van der Waals surface area contributed by atoms with Crippen molar-refractivity contribution in [2.45, 2.75) is 51.4 Å². The van der Waals surface area contributed by atoms with Crippen molar-refractivity contribution >= 4 is 12.1 Å². The van der Waals surface area contributed by atoms with E-state index in [0.29, 0.717) is 5.56 Å². The van der Waals surface area contributed by atoms with Crippen LogP contribution in [-0.4, -0.2) is 28.8 Å². The number of carboxylic acid groups (broad SMARTS) is 1. The minimum absolute atomic E-state index is 0.0731. The normalized spacial score (nSPS) is 13.2. The van der Waals surface area contributed by atoms with Gasteiger partial charge in [-0.05, 0) is 44.9 Å². The van der Waals surface area contributed by atoms with Crippen LogP contribution in [0.4, 0.5) is 18.0 Å². The summed E-state index contributed by atoms with van der Waals surface area (Å²) in [6.45, 7) is 4.98. The van der Waals surface area contributed by atoms with Crippen molar-refractivity contribution in [3.05, 3.63) is 35.4 Å². The fourth-order valence-corrected chi connectivity index (χ4v) is 1.97. The van der Waals surface area contributed by atoms with Gasteiger partial charge in [-0.3, -0.25) is 4.79 Å². The number of ether oxygens (including phenoxy) is 1. The molecule has 0 saturated heterocycles. The lowest BCUT2D eigenvalue weighted by Crippen LogP contribution is -2.41. The average Bonchev–Trinajstić information content (AvgIpc) is 2.34. The Bertz CT molecular complexity index is 576. The van der Waals surface area contributed by atoms with E-state index in [1.54, 1.807) is 20.8 Å². The molecule has 1 aromatic carbocycles. The summed E-state index contributed by atoms with van der Waals surface area (Å²) in [6, 6.07) is 3.55. The lowest BCUT2D eigenvalue weighted by molar-refractivity contribution is -0.138. The molecule has 0 aromatic heterocycles.